The van der Waals surface area contributed by atoms with Crippen molar-refractivity contribution in [2.45, 2.75) is 24.6 Å². The maximum Gasteiger partial charge on any atom is 0.416 e. The van der Waals surface area contributed by atoms with Crippen molar-refractivity contribution in [2.24, 2.45) is 0 Å². The van der Waals surface area contributed by atoms with E-state index in [0.29, 0.717) is 12.1 Å². The van der Waals surface area contributed by atoms with Crippen LogP contribution in [0.4, 0.5) is 30.7 Å². The molecule has 9 heteroatoms. The van der Waals surface area contributed by atoms with Crippen LogP contribution in [0.15, 0.2) is 24.3 Å². The fourth-order valence-corrected chi connectivity index (χ4v) is 1.36. The van der Waals surface area contributed by atoms with Gasteiger partial charge in [0.15, 0.2) is 0 Å². The molecule has 1 unspecified atom stereocenters. The molecule has 0 aromatic heterocycles. The first-order valence-corrected chi connectivity index (χ1v) is 5.63. The average Bonchev–Trinajstić information content (AvgIpc) is 2.37. The summed E-state index contributed by atoms with van der Waals surface area (Å²) in [6.07, 6.45) is -9.94. The van der Waals surface area contributed by atoms with Crippen molar-refractivity contribution in [3.63, 3.8) is 0 Å². The highest BCUT2D eigenvalue weighted by molar-refractivity contribution is 5.26. The Morgan fingerprint density at radius 1 is 1.00 bits per heavy atom. The summed E-state index contributed by atoms with van der Waals surface area (Å²) in [5.74, 6) is -4.35. The number of hydrogen-bond donors (Lipinski definition) is 1. The summed E-state index contributed by atoms with van der Waals surface area (Å²) in [6, 6.07) is 3.29. The van der Waals surface area contributed by atoms with E-state index in [1.165, 1.54) is 0 Å². The van der Waals surface area contributed by atoms with Crippen molar-refractivity contribution in [3.8, 4) is 0 Å². The fourth-order valence-electron chi connectivity index (χ4n) is 1.36. The van der Waals surface area contributed by atoms with Gasteiger partial charge in [-0.25, -0.2) is 8.78 Å². The fraction of sp³-hybridized carbons (Fsp3) is 0.500. The molecule has 0 aliphatic rings. The second-order valence-corrected chi connectivity index (χ2v) is 4.21. The van der Waals surface area contributed by atoms with Crippen molar-refractivity contribution >= 4 is 0 Å². The number of ether oxygens (including phenoxy) is 1. The van der Waals surface area contributed by atoms with Crippen LogP contribution in [0.25, 0.3) is 0 Å². The highest BCUT2D eigenvalue weighted by Crippen LogP contribution is 2.30. The molecule has 0 saturated carbocycles. The van der Waals surface area contributed by atoms with E-state index >= 15 is 0 Å². The molecule has 0 aliphatic carbocycles. The molecule has 0 heterocycles. The van der Waals surface area contributed by atoms with Crippen LogP contribution in [0.5, 0.6) is 0 Å². The van der Waals surface area contributed by atoms with Crippen molar-refractivity contribution in [1.29, 1.82) is 0 Å². The SMILES string of the molecule is OC(COCC(F)(F)C(F)F)c1ccc(C(F)(F)F)cc1. The van der Waals surface area contributed by atoms with Gasteiger partial charge in [0.25, 0.3) is 0 Å². The topological polar surface area (TPSA) is 29.5 Å². The van der Waals surface area contributed by atoms with Gasteiger partial charge in [0.1, 0.15) is 12.7 Å². The molecule has 0 radical (unpaired) electrons. The summed E-state index contributed by atoms with van der Waals surface area (Å²) in [5, 5.41) is 9.51. The number of benzene rings is 1. The molecule has 0 aliphatic heterocycles. The molecule has 1 aromatic carbocycles. The van der Waals surface area contributed by atoms with Gasteiger partial charge in [-0.15, -0.1) is 0 Å². The first-order chi connectivity index (χ1) is 9.54. The number of aliphatic hydroxyl groups is 1. The molecule has 0 fully saturated rings. The molecule has 1 rings (SSSR count). The molecular weight excluding hydrogens is 309 g/mol. The summed E-state index contributed by atoms with van der Waals surface area (Å²) in [5.41, 5.74) is -0.952. The minimum Gasteiger partial charge on any atom is -0.386 e. The van der Waals surface area contributed by atoms with E-state index < -0.39 is 43.4 Å². The normalized spacial score (nSPS) is 14.5. The van der Waals surface area contributed by atoms with Gasteiger partial charge >= 0.3 is 18.5 Å². The summed E-state index contributed by atoms with van der Waals surface area (Å²) >= 11 is 0. The molecule has 1 N–H and O–H groups in total. The standard InChI is InChI=1S/C12H11F7O2/c13-10(14)11(15,16)6-21-5-9(20)7-1-3-8(4-2-7)12(17,18)19/h1-4,9-10,20H,5-6H2. The summed E-state index contributed by atoms with van der Waals surface area (Å²) in [7, 11) is 0. The Morgan fingerprint density at radius 2 is 1.52 bits per heavy atom. The maximum atomic E-state index is 12.5. The third-order valence-corrected chi connectivity index (χ3v) is 2.51. The second kappa shape index (κ2) is 6.61. The van der Waals surface area contributed by atoms with Crippen LogP contribution < -0.4 is 0 Å². The van der Waals surface area contributed by atoms with E-state index in [2.05, 4.69) is 4.74 Å². The lowest BCUT2D eigenvalue weighted by atomic mass is 10.1. The summed E-state index contributed by atoms with van der Waals surface area (Å²) in [4.78, 5) is 0. The van der Waals surface area contributed by atoms with Crippen molar-refractivity contribution < 1.29 is 40.6 Å². The third-order valence-electron chi connectivity index (χ3n) is 2.51. The van der Waals surface area contributed by atoms with Gasteiger partial charge < -0.3 is 9.84 Å². The van der Waals surface area contributed by atoms with Gasteiger partial charge in [-0.1, -0.05) is 12.1 Å². The van der Waals surface area contributed by atoms with Gasteiger partial charge in [-0.05, 0) is 17.7 Å². The molecule has 1 atom stereocenters. The van der Waals surface area contributed by atoms with Gasteiger partial charge in [0.2, 0.25) is 0 Å². The van der Waals surface area contributed by atoms with Crippen LogP contribution in [0.1, 0.15) is 17.2 Å². The Bertz CT molecular complexity index is 442. The summed E-state index contributed by atoms with van der Waals surface area (Å²) < 4.78 is 89.8. The third kappa shape index (κ3) is 5.16. The second-order valence-electron chi connectivity index (χ2n) is 4.21. The lowest BCUT2D eigenvalue weighted by Gasteiger charge is -2.17. The van der Waals surface area contributed by atoms with E-state index in [-0.39, 0.29) is 5.56 Å². The quantitative estimate of drug-likeness (QED) is 0.811. The zero-order chi connectivity index (χ0) is 16.3. The zero-order valence-corrected chi connectivity index (χ0v) is 10.4. The predicted octanol–water partition coefficient (Wildman–Crippen LogP) is 3.66. The minimum atomic E-state index is -4.54. The van der Waals surface area contributed by atoms with Crippen LogP contribution >= 0.6 is 0 Å². The van der Waals surface area contributed by atoms with E-state index in [1.54, 1.807) is 0 Å². The van der Waals surface area contributed by atoms with Crippen molar-refractivity contribution in [1.82, 2.24) is 0 Å². The number of halogens is 7. The number of hydrogen-bond acceptors (Lipinski definition) is 2. The molecule has 0 spiro atoms. The molecular formula is C12H11F7O2. The van der Waals surface area contributed by atoms with E-state index in [4.69, 9.17) is 0 Å². The largest absolute Gasteiger partial charge is 0.416 e. The molecule has 21 heavy (non-hydrogen) atoms. The predicted molar refractivity (Wildman–Crippen MR) is 58.2 cm³/mol. The maximum absolute atomic E-state index is 12.5. The molecule has 2 nitrogen and oxygen atoms in total. The zero-order valence-electron chi connectivity index (χ0n) is 10.4. The number of alkyl halides is 7. The van der Waals surface area contributed by atoms with Gasteiger partial charge in [0, 0.05) is 0 Å². The van der Waals surface area contributed by atoms with Crippen LogP contribution in [0, 0.1) is 0 Å². The first-order valence-electron chi connectivity index (χ1n) is 5.63. The van der Waals surface area contributed by atoms with Gasteiger partial charge in [-0.3, -0.25) is 0 Å². The Kier molecular flexibility index (Phi) is 5.57. The monoisotopic (exact) mass is 320 g/mol. The Balaban J connectivity index is 2.55. The molecule has 0 saturated heterocycles. The van der Waals surface area contributed by atoms with Gasteiger partial charge in [0.05, 0.1) is 12.2 Å². The van der Waals surface area contributed by atoms with Crippen molar-refractivity contribution in [2.75, 3.05) is 13.2 Å². The van der Waals surface area contributed by atoms with Crippen molar-refractivity contribution in [3.05, 3.63) is 35.4 Å². The Labute approximate surface area is 115 Å². The van der Waals surface area contributed by atoms with Crippen LogP contribution in [-0.4, -0.2) is 30.7 Å². The van der Waals surface area contributed by atoms with Gasteiger partial charge in [-0.2, -0.15) is 22.0 Å². The number of rotatable bonds is 6. The Hall–Kier alpha value is -1.35. The number of aliphatic hydroxyl groups excluding tert-OH is 1. The average molecular weight is 320 g/mol. The molecule has 120 valence electrons. The lowest BCUT2D eigenvalue weighted by molar-refractivity contribution is -0.170. The molecule has 1 aromatic rings. The van der Waals surface area contributed by atoms with E-state index in [9.17, 15) is 35.8 Å². The molecule has 0 bridgehead atoms. The van der Waals surface area contributed by atoms with Crippen LogP contribution in [-0.2, 0) is 10.9 Å². The van der Waals surface area contributed by atoms with E-state index in [1.807, 2.05) is 0 Å². The highest BCUT2D eigenvalue weighted by Gasteiger charge is 2.41. The first kappa shape index (κ1) is 17.7. The van der Waals surface area contributed by atoms with Crippen LogP contribution in [0.2, 0.25) is 0 Å². The van der Waals surface area contributed by atoms with Crippen LogP contribution in [0.3, 0.4) is 0 Å². The lowest BCUT2D eigenvalue weighted by Crippen LogP contribution is -2.33. The smallest absolute Gasteiger partial charge is 0.386 e. The summed E-state index contributed by atoms with van der Waals surface area (Å²) in [6.45, 7) is -2.34. The van der Waals surface area contributed by atoms with E-state index in [0.717, 1.165) is 12.1 Å². The minimum absolute atomic E-state index is 0.0108. The highest BCUT2D eigenvalue weighted by atomic mass is 19.4. The molecule has 0 amide bonds. The Morgan fingerprint density at radius 3 is 1.95 bits per heavy atom.